The van der Waals surface area contributed by atoms with Crippen molar-refractivity contribution in [2.45, 2.75) is 26.4 Å². The molecule has 0 spiro atoms. The van der Waals surface area contributed by atoms with E-state index >= 15 is 0 Å². The number of hydrogen-bond acceptors (Lipinski definition) is 7. The van der Waals surface area contributed by atoms with Crippen molar-refractivity contribution in [1.82, 2.24) is 9.80 Å². The standard InChI is InChI=1S/C19H37IN2O6/c1-19(2,3)28-18(23)22-7-5-21(6-8-22)9-11-25-13-15-27-17-16-26-14-12-24-10-4-20/h4-17H2,1-3H3. The van der Waals surface area contributed by atoms with Crippen LogP contribution in [0, 0.1) is 0 Å². The van der Waals surface area contributed by atoms with E-state index < -0.39 is 5.60 Å². The molecular formula is C19H37IN2O6. The summed E-state index contributed by atoms with van der Waals surface area (Å²) >= 11 is 2.28. The molecule has 1 saturated heterocycles. The molecule has 0 unspecified atom stereocenters. The maximum absolute atomic E-state index is 12.0. The van der Waals surface area contributed by atoms with Crippen LogP contribution in [0.4, 0.5) is 4.79 Å². The zero-order chi connectivity index (χ0) is 20.7. The maximum Gasteiger partial charge on any atom is 0.410 e. The van der Waals surface area contributed by atoms with E-state index in [1.54, 1.807) is 4.90 Å². The lowest BCUT2D eigenvalue weighted by molar-refractivity contribution is -0.00583. The fraction of sp³-hybridized carbons (Fsp3) is 0.947. The summed E-state index contributed by atoms with van der Waals surface area (Å²) in [4.78, 5) is 16.1. The highest BCUT2D eigenvalue weighted by Gasteiger charge is 2.25. The largest absolute Gasteiger partial charge is 0.444 e. The number of carbonyl (C=O) groups excluding carboxylic acids is 1. The van der Waals surface area contributed by atoms with Crippen LogP contribution in [0.1, 0.15) is 20.8 Å². The van der Waals surface area contributed by atoms with E-state index in [0.717, 1.165) is 30.7 Å². The highest BCUT2D eigenvalue weighted by molar-refractivity contribution is 14.1. The minimum atomic E-state index is -0.445. The van der Waals surface area contributed by atoms with Crippen molar-refractivity contribution >= 4 is 28.7 Å². The van der Waals surface area contributed by atoms with E-state index in [1.807, 2.05) is 20.8 Å². The molecule has 1 rings (SSSR count). The summed E-state index contributed by atoms with van der Waals surface area (Å²) in [6.45, 7) is 14.6. The molecule has 0 saturated carbocycles. The molecule has 166 valence electrons. The van der Waals surface area contributed by atoms with Crippen LogP contribution in [-0.2, 0) is 23.7 Å². The first-order valence-corrected chi connectivity index (χ1v) is 11.5. The average Bonchev–Trinajstić information content (AvgIpc) is 2.64. The van der Waals surface area contributed by atoms with Gasteiger partial charge in [0.05, 0.1) is 52.9 Å². The van der Waals surface area contributed by atoms with Crippen LogP contribution in [0.5, 0.6) is 0 Å². The predicted molar refractivity (Wildman–Crippen MR) is 116 cm³/mol. The highest BCUT2D eigenvalue weighted by Crippen LogP contribution is 2.11. The number of hydrogen-bond donors (Lipinski definition) is 0. The van der Waals surface area contributed by atoms with Crippen molar-refractivity contribution in [1.29, 1.82) is 0 Å². The molecule has 8 nitrogen and oxygen atoms in total. The van der Waals surface area contributed by atoms with Crippen LogP contribution >= 0.6 is 22.6 Å². The van der Waals surface area contributed by atoms with E-state index in [0.29, 0.717) is 59.3 Å². The highest BCUT2D eigenvalue weighted by atomic mass is 127. The van der Waals surface area contributed by atoms with Crippen LogP contribution in [0.3, 0.4) is 0 Å². The van der Waals surface area contributed by atoms with Crippen LogP contribution < -0.4 is 0 Å². The molecule has 1 aliphatic rings. The first-order valence-electron chi connectivity index (χ1n) is 9.99. The molecule has 0 aliphatic carbocycles. The Morgan fingerprint density at radius 3 is 1.71 bits per heavy atom. The molecule has 0 atom stereocenters. The number of rotatable bonds is 14. The second-order valence-corrected chi connectivity index (χ2v) is 8.53. The Morgan fingerprint density at radius 2 is 1.25 bits per heavy atom. The summed E-state index contributed by atoms with van der Waals surface area (Å²) in [6, 6.07) is 0. The zero-order valence-electron chi connectivity index (χ0n) is 17.6. The van der Waals surface area contributed by atoms with E-state index in [9.17, 15) is 4.79 Å². The second-order valence-electron chi connectivity index (χ2n) is 7.45. The van der Waals surface area contributed by atoms with Crippen molar-refractivity contribution in [3.63, 3.8) is 0 Å². The van der Waals surface area contributed by atoms with Gasteiger partial charge in [-0.2, -0.15) is 0 Å². The van der Waals surface area contributed by atoms with E-state index in [-0.39, 0.29) is 6.09 Å². The molecule has 0 N–H and O–H groups in total. The number of nitrogens with zero attached hydrogens (tertiary/aromatic N) is 2. The van der Waals surface area contributed by atoms with E-state index in [2.05, 4.69) is 27.5 Å². The fourth-order valence-corrected chi connectivity index (χ4v) is 2.80. The van der Waals surface area contributed by atoms with Crippen molar-refractivity contribution in [3.05, 3.63) is 0 Å². The van der Waals surface area contributed by atoms with Gasteiger partial charge in [0.15, 0.2) is 0 Å². The van der Waals surface area contributed by atoms with Crippen LogP contribution in [0.15, 0.2) is 0 Å². The molecule has 1 fully saturated rings. The lowest BCUT2D eigenvalue weighted by atomic mass is 10.2. The average molecular weight is 516 g/mol. The smallest absolute Gasteiger partial charge is 0.410 e. The number of ether oxygens (including phenoxy) is 5. The second kappa shape index (κ2) is 15.6. The Bertz CT molecular complexity index is 400. The van der Waals surface area contributed by atoms with Crippen LogP contribution in [-0.4, -0.2) is 112 Å². The van der Waals surface area contributed by atoms with Gasteiger partial charge in [-0.25, -0.2) is 4.79 Å². The molecule has 0 aromatic carbocycles. The van der Waals surface area contributed by atoms with Gasteiger partial charge in [0.1, 0.15) is 5.60 Å². The Kier molecular flexibility index (Phi) is 14.4. The third-order valence-corrected chi connectivity index (χ3v) is 4.35. The normalized spacial score (nSPS) is 15.8. The van der Waals surface area contributed by atoms with Gasteiger partial charge in [-0.3, -0.25) is 4.90 Å². The minimum absolute atomic E-state index is 0.224. The summed E-state index contributed by atoms with van der Waals surface area (Å²) in [6.07, 6.45) is -0.224. The molecule has 1 heterocycles. The lowest BCUT2D eigenvalue weighted by Gasteiger charge is -2.35. The monoisotopic (exact) mass is 516 g/mol. The van der Waals surface area contributed by atoms with E-state index in [1.165, 1.54) is 0 Å². The Hall–Kier alpha value is -0.200. The Labute approximate surface area is 183 Å². The molecule has 0 aromatic rings. The predicted octanol–water partition coefficient (Wildman–Crippen LogP) is 2.04. The number of amides is 1. The Morgan fingerprint density at radius 1 is 0.786 bits per heavy atom. The maximum atomic E-state index is 12.0. The molecular weight excluding hydrogens is 479 g/mol. The number of halogens is 1. The van der Waals surface area contributed by atoms with Gasteiger partial charge < -0.3 is 28.6 Å². The molecule has 1 aliphatic heterocycles. The molecule has 9 heteroatoms. The summed E-state index contributed by atoms with van der Waals surface area (Å²) in [7, 11) is 0. The summed E-state index contributed by atoms with van der Waals surface area (Å²) < 4.78 is 28.2. The number of alkyl halides is 1. The SMILES string of the molecule is CC(C)(C)OC(=O)N1CCN(CCOCCOCCOCCOCCI)CC1. The van der Waals surface area contributed by atoms with Crippen molar-refractivity contribution < 1.29 is 28.5 Å². The van der Waals surface area contributed by atoms with Crippen LogP contribution in [0.2, 0.25) is 0 Å². The zero-order valence-corrected chi connectivity index (χ0v) is 19.8. The molecule has 28 heavy (non-hydrogen) atoms. The third-order valence-electron chi connectivity index (χ3n) is 3.91. The molecule has 0 radical (unpaired) electrons. The number of carbonyl (C=O) groups is 1. The van der Waals surface area contributed by atoms with Gasteiger partial charge in [0.25, 0.3) is 0 Å². The molecule has 0 bridgehead atoms. The lowest BCUT2D eigenvalue weighted by Crippen LogP contribution is -2.50. The summed E-state index contributed by atoms with van der Waals surface area (Å²) in [5.74, 6) is 0. The van der Waals surface area contributed by atoms with Crippen molar-refractivity contribution in [2.75, 3.05) is 90.0 Å². The molecule has 1 amide bonds. The van der Waals surface area contributed by atoms with Gasteiger partial charge in [0, 0.05) is 37.2 Å². The molecule has 0 aromatic heterocycles. The first-order chi connectivity index (χ1) is 13.4. The summed E-state index contributed by atoms with van der Waals surface area (Å²) in [5, 5.41) is 0. The van der Waals surface area contributed by atoms with Crippen molar-refractivity contribution in [2.24, 2.45) is 0 Å². The quantitative estimate of drug-likeness (QED) is 0.199. The summed E-state index contributed by atoms with van der Waals surface area (Å²) in [5.41, 5.74) is -0.445. The van der Waals surface area contributed by atoms with Gasteiger partial charge in [-0.15, -0.1) is 0 Å². The number of piperazine rings is 1. The van der Waals surface area contributed by atoms with Crippen molar-refractivity contribution in [3.8, 4) is 0 Å². The van der Waals surface area contributed by atoms with Crippen LogP contribution in [0.25, 0.3) is 0 Å². The third kappa shape index (κ3) is 13.9. The van der Waals surface area contributed by atoms with E-state index in [4.69, 9.17) is 23.7 Å². The first kappa shape index (κ1) is 25.8. The van der Waals surface area contributed by atoms with Gasteiger partial charge in [-0.1, -0.05) is 22.6 Å². The van der Waals surface area contributed by atoms with Gasteiger partial charge >= 0.3 is 6.09 Å². The Balaban J connectivity index is 1.88. The fourth-order valence-electron chi connectivity index (χ4n) is 2.49. The van der Waals surface area contributed by atoms with Gasteiger partial charge in [0.2, 0.25) is 0 Å². The topological polar surface area (TPSA) is 69.7 Å². The van der Waals surface area contributed by atoms with Gasteiger partial charge in [-0.05, 0) is 20.8 Å². The minimum Gasteiger partial charge on any atom is -0.444 e.